The lowest BCUT2D eigenvalue weighted by Crippen LogP contribution is -2.48. The van der Waals surface area contributed by atoms with Crippen molar-refractivity contribution in [2.75, 3.05) is 7.11 Å². The Morgan fingerprint density at radius 1 is 1.08 bits per heavy atom. The SMILES string of the molecule is CC[C@@H](C)[C@@H](NC(=O)OC(C)(C)C)C(=O)Oc1ccc2c(-c3ccc(OC)cc3)cc(=O)oc2c1C. The van der Waals surface area contributed by atoms with Crippen LogP contribution in [0.2, 0.25) is 0 Å². The molecular formula is C28H33NO7. The van der Waals surface area contributed by atoms with Crippen molar-refractivity contribution < 1.29 is 28.2 Å². The van der Waals surface area contributed by atoms with Crippen molar-refractivity contribution >= 4 is 23.0 Å². The average molecular weight is 496 g/mol. The number of nitrogens with one attached hydrogen (secondary N) is 1. The smallest absolute Gasteiger partial charge is 0.408 e. The minimum absolute atomic E-state index is 0.203. The van der Waals surface area contributed by atoms with Gasteiger partial charge in [0.2, 0.25) is 0 Å². The molecule has 1 heterocycles. The van der Waals surface area contributed by atoms with Crippen LogP contribution in [0.25, 0.3) is 22.1 Å². The summed E-state index contributed by atoms with van der Waals surface area (Å²) in [5, 5.41) is 3.33. The number of fused-ring (bicyclic) bond motifs is 1. The van der Waals surface area contributed by atoms with Crippen molar-refractivity contribution in [3.63, 3.8) is 0 Å². The summed E-state index contributed by atoms with van der Waals surface area (Å²) in [5.74, 6) is 0.103. The third-order valence-electron chi connectivity index (χ3n) is 5.86. The number of benzene rings is 2. The topological polar surface area (TPSA) is 104 Å². The highest BCUT2D eigenvalue weighted by molar-refractivity contribution is 5.96. The maximum Gasteiger partial charge on any atom is 0.408 e. The van der Waals surface area contributed by atoms with Crippen LogP contribution in [0.15, 0.2) is 51.7 Å². The van der Waals surface area contributed by atoms with Crippen molar-refractivity contribution in [3.8, 4) is 22.6 Å². The Hall–Kier alpha value is -3.81. The zero-order valence-corrected chi connectivity index (χ0v) is 21.8. The van der Waals surface area contributed by atoms with Crippen molar-refractivity contribution in [2.24, 2.45) is 5.92 Å². The number of esters is 1. The zero-order valence-electron chi connectivity index (χ0n) is 21.8. The minimum atomic E-state index is -0.919. The van der Waals surface area contributed by atoms with E-state index >= 15 is 0 Å². The van der Waals surface area contributed by atoms with Gasteiger partial charge in [-0.1, -0.05) is 32.4 Å². The molecular weight excluding hydrogens is 462 g/mol. The summed E-state index contributed by atoms with van der Waals surface area (Å²) in [4.78, 5) is 37.9. The molecule has 0 aliphatic rings. The van der Waals surface area contributed by atoms with E-state index in [4.69, 9.17) is 18.6 Å². The summed E-state index contributed by atoms with van der Waals surface area (Å²) >= 11 is 0. The van der Waals surface area contributed by atoms with Gasteiger partial charge < -0.3 is 23.9 Å². The number of rotatable bonds is 7. The van der Waals surface area contributed by atoms with E-state index in [-0.39, 0.29) is 11.7 Å². The van der Waals surface area contributed by atoms with Crippen molar-refractivity contribution in [1.82, 2.24) is 5.32 Å². The second-order valence-electron chi connectivity index (χ2n) is 9.70. The molecule has 0 fully saturated rings. The van der Waals surface area contributed by atoms with Crippen LogP contribution in [0.4, 0.5) is 4.79 Å². The van der Waals surface area contributed by atoms with Gasteiger partial charge in [-0.15, -0.1) is 0 Å². The Labute approximate surface area is 210 Å². The van der Waals surface area contributed by atoms with E-state index in [1.54, 1.807) is 46.9 Å². The molecule has 0 spiro atoms. The van der Waals surface area contributed by atoms with E-state index < -0.39 is 29.3 Å². The molecule has 192 valence electrons. The molecule has 1 amide bonds. The number of carbonyl (C=O) groups is 2. The molecule has 2 aromatic carbocycles. The molecule has 0 bridgehead atoms. The fraction of sp³-hybridized carbons (Fsp3) is 0.393. The number of methoxy groups -OCH3 is 1. The molecule has 3 rings (SSSR count). The molecule has 1 aromatic heterocycles. The van der Waals surface area contributed by atoms with Crippen LogP contribution >= 0.6 is 0 Å². The van der Waals surface area contributed by atoms with Gasteiger partial charge in [-0.3, -0.25) is 0 Å². The Kier molecular flexibility index (Phi) is 8.07. The number of ether oxygens (including phenoxy) is 3. The number of alkyl carbamates (subject to hydrolysis) is 1. The van der Waals surface area contributed by atoms with E-state index in [0.717, 1.165) is 5.56 Å². The highest BCUT2D eigenvalue weighted by Crippen LogP contribution is 2.34. The Morgan fingerprint density at radius 3 is 2.33 bits per heavy atom. The Morgan fingerprint density at radius 2 is 1.75 bits per heavy atom. The first kappa shape index (κ1) is 26.8. The largest absolute Gasteiger partial charge is 0.497 e. The van der Waals surface area contributed by atoms with Gasteiger partial charge in [0.1, 0.15) is 28.7 Å². The van der Waals surface area contributed by atoms with Crippen LogP contribution in [0.3, 0.4) is 0 Å². The van der Waals surface area contributed by atoms with E-state index in [9.17, 15) is 14.4 Å². The molecule has 8 heteroatoms. The summed E-state index contributed by atoms with van der Waals surface area (Å²) in [6.45, 7) is 10.7. The molecule has 36 heavy (non-hydrogen) atoms. The second-order valence-corrected chi connectivity index (χ2v) is 9.70. The number of hydrogen-bond acceptors (Lipinski definition) is 7. The van der Waals surface area contributed by atoms with Crippen molar-refractivity contribution in [1.29, 1.82) is 0 Å². The highest BCUT2D eigenvalue weighted by Gasteiger charge is 2.30. The van der Waals surface area contributed by atoms with Crippen molar-refractivity contribution in [3.05, 3.63) is 58.4 Å². The number of carbonyl (C=O) groups excluding carboxylic acids is 2. The predicted octanol–water partition coefficient (Wildman–Crippen LogP) is 5.62. The number of amides is 1. The fourth-order valence-corrected chi connectivity index (χ4v) is 3.74. The molecule has 0 saturated carbocycles. The standard InChI is InChI=1S/C28H33NO7/c1-8-16(2)24(29-27(32)36-28(4,5)6)26(31)34-22-14-13-20-21(15-23(30)35-25(20)17(22)3)18-9-11-19(33-7)12-10-18/h9-16,24H,8H2,1-7H3,(H,29,32)/t16-,24-/m1/s1. The average Bonchev–Trinajstić information content (AvgIpc) is 2.82. The lowest BCUT2D eigenvalue weighted by Gasteiger charge is -2.25. The van der Waals surface area contributed by atoms with Gasteiger partial charge in [-0.25, -0.2) is 14.4 Å². The zero-order chi connectivity index (χ0) is 26.6. The van der Waals surface area contributed by atoms with Crippen LogP contribution in [-0.4, -0.2) is 30.8 Å². The third-order valence-corrected chi connectivity index (χ3v) is 5.86. The molecule has 0 saturated heterocycles. The molecule has 0 aliphatic carbocycles. The molecule has 0 radical (unpaired) electrons. The van der Waals surface area contributed by atoms with Gasteiger partial charge in [0.15, 0.2) is 0 Å². The summed E-state index contributed by atoms with van der Waals surface area (Å²) in [7, 11) is 1.59. The lowest BCUT2D eigenvalue weighted by molar-refractivity contribution is -0.138. The van der Waals surface area contributed by atoms with E-state index in [2.05, 4.69) is 5.32 Å². The van der Waals surface area contributed by atoms with Gasteiger partial charge in [0.25, 0.3) is 0 Å². The van der Waals surface area contributed by atoms with Crippen molar-refractivity contribution in [2.45, 2.75) is 59.6 Å². The predicted molar refractivity (Wildman–Crippen MR) is 137 cm³/mol. The molecule has 2 atom stereocenters. The fourth-order valence-electron chi connectivity index (χ4n) is 3.74. The highest BCUT2D eigenvalue weighted by atomic mass is 16.6. The maximum atomic E-state index is 13.1. The molecule has 0 unspecified atom stereocenters. The van der Waals surface area contributed by atoms with Gasteiger partial charge in [0.05, 0.1) is 7.11 Å². The maximum absolute atomic E-state index is 13.1. The van der Waals surface area contributed by atoms with E-state index in [1.807, 2.05) is 38.1 Å². The minimum Gasteiger partial charge on any atom is -0.497 e. The number of aryl methyl sites for hydroxylation is 1. The van der Waals surface area contributed by atoms with E-state index in [0.29, 0.717) is 34.3 Å². The molecule has 8 nitrogen and oxygen atoms in total. The molecule has 3 aromatic rings. The van der Waals surface area contributed by atoms with Crippen LogP contribution in [0.5, 0.6) is 11.5 Å². The lowest BCUT2D eigenvalue weighted by atomic mass is 9.99. The third kappa shape index (κ3) is 6.24. The summed E-state index contributed by atoms with van der Waals surface area (Å²) in [6.07, 6.45) is -0.0677. The summed E-state index contributed by atoms with van der Waals surface area (Å²) in [5.41, 5.74) is 1.09. The summed E-state index contributed by atoms with van der Waals surface area (Å²) in [6, 6.07) is 11.2. The van der Waals surface area contributed by atoms with E-state index in [1.165, 1.54) is 6.07 Å². The monoisotopic (exact) mass is 495 g/mol. The Bertz CT molecular complexity index is 1300. The second kappa shape index (κ2) is 10.8. The first-order chi connectivity index (χ1) is 16.9. The normalized spacial score (nSPS) is 13.1. The first-order valence-electron chi connectivity index (χ1n) is 11.9. The molecule has 1 N–H and O–H groups in total. The quantitative estimate of drug-likeness (QED) is 0.258. The molecule has 0 aliphatic heterocycles. The van der Waals surface area contributed by atoms with Gasteiger partial charge in [0, 0.05) is 17.0 Å². The van der Waals surface area contributed by atoms with Gasteiger partial charge >= 0.3 is 17.7 Å². The van der Waals surface area contributed by atoms with Crippen LogP contribution < -0.4 is 20.4 Å². The van der Waals surface area contributed by atoms with Crippen LogP contribution in [-0.2, 0) is 9.53 Å². The summed E-state index contributed by atoms with van der Waals surface area (Å²) < 4.78 is 21.7. The van der Waals surface area contributed by atoms with Crippen LogP contribution in [0, 0.1) is 12.8 Å². The van der Waals surface area contributed by atoms with Gasteiger partial charge in [-0.2, -0.15) is 0 Å². The Balaban J connectivity index is 1.94. The van der Waals surface area contributed by atoms with Gasteiger partial charge in [-0.05, 0) is 69.0 Å². The van der Waals surface area contributed by atoms with Crippen LogP contribution in [0.1, 0.15) is 46.6 Å². The first-order valence-corrected chi connectivity index (χ1v) is 11.9. The number of hydrogen-bond donors (Lipinski definition) is 1.